The van der Waals surface area contributed by atoms with E-state index >= 15 is 0 Å². The fourth-order valence-corrected chi connectivity index (χ4v) is 4.54. The largest absolute Gasteiger partial charge is 0.295 e. The van der Waals surface area contributed by atoms with Gasteiger partial charge in [-0.25, -0.2) is 0 Å². The van der Waals surface area contributed by atoms with Gasteiger partial charge in [-0.3, -0.25) is 9.88 Å². The summed E-state index contributed by atoms with van der Waals surface area (Å²) >= 11 is 0. The quantitative estimate of drug-likeness (QED) is 0.362. The Morgan fingerprint density at radius 2 is 1.45 bits per heavy atom. The summed E-state index contributed by atoms with van der Waals surface area (Å²) < 4.78 is 0. The van der Waals surface area contributed by atoms with Gasteiger partial charge in [-0.05, 0) is 67.5 Å². The lowest BCUT2D eigenvalue weighted by Crippen LogP contribution is -2.26. The Morgan fingerprint density at radius 3 is 2.00 bits per heavy atom. The van der Waals surface area contributed by atoms with Crippen LogP contribution < -0.4 is 0 Å². The third kappa shape index (κ3) is 5.62. The van der Waals surface area contributed by atoms with Crippen molar-refractivity contribution in [3.05, 3.63) is 88.6 Å². The van der Waals surface area contributed by atoms with Crippen LogP contribution in [0.15, 0.2) is 60.7 Å². The molecule has 0 aliphatic heterocycles. The van der Waals surface area contributed by atoms with Crippen LogP contribution in [0.3, 0.4) is 0 Å². The summed E-state index contributed by atoms with van der Waals surface area (Å²) in [4.78, 5) is 7.56. The molecule has 31 heavy (non-hydrogen) atoms. The van der Waals surface area contributed by atoms with Crippen LogP contribution >= 0.6 is 0 Å². The van der Waals surface area contributed by atoms with E-state index in [4.69, 9.17) is 4.98 Å². The van der Waals surface area contributed by atoms with Crippen molar-refractivity contribution in [1.82, 2.24) is 9.88 Å². The maximum atomic E-state index is 5.08. The van der Waals surface area contributed by atoms with Gasteiger partial charge >= 0.3 is 0 Å². The summed E-state index contributed by atoms with van der Waals surface area (Å²) in [6.45, 7) is 12.1. The molecule has 0 fully saturated rings. The van der Waals surface area contributed by atoms with Crippen LogP contribution in [0.5, 0.6) is 0 Å². The molecule has 1 atom stereocenters. The molecule has 0 aliphatic rings. The van der Waals surface area contributed by atoms with Gasteiger partial charge in [0.25, 0.3) is 0 Å². The van der Waals surface area contributed by atoms with Crippen LogP contribution in [0.1, 0.15) is 68.1 Å². The average molecular weight is 415 g/mol. The summed E-state index contributed by atoms with van der Waals surface area (Å²) in [7, 11) is 2.25. The van der Waals surface area contributed by atoms with Crippen molar-refractivity contribution >= 4 is 0 Å². The Bertz CT molecular complexity index is 953. The summed E-state index contributed by atoms with van der Waals surface area (Å²) in [5, 5.41) is 0. The molecule has 3 aromatic rings. The molecule has 1 aromatic heterocycles. The van der Waals surface area contributed by atoms with E-state index in [1.54, 1.807) is 0 Å². The maximum absolute atomic E-state index is 5.08. The molecule has 0 amide bonds. The molecule has 1 unspecified atom stereocenters. The van der Waals surface area contributed by atoms with Crippen molar-refractivity contribution in [2.45, 2.75) is 66.5 Å². The predicted octanol–water partition coefficient (Wildman–Crippen LogP) is 7.40. The molecular weight excluding hydrogens is 376 g/mol. The Morgan fingerprint density at radius 1 is 0.806 bits per heavy atom. The predicted molar refractivity (Wildman–Crippen MR) is 133 cm³/mol. The van der Waals surface area contributed by atoms with Gasteiger partial charge in [0, 0.05) is 23.8 Å². The Labute approximate surface area is 189 Å². The smallest absolute Gasteiger partial charge is 0.0710 e. The highest BCUT2D eigenvalue weighted by Gasteiger charge is 2.20. The number of aromatic nitrogens is 1. The summed E-state index contributed by atoms with van der Waals surface area (Å²) in [5.41, 5.74) is 9.05. The molecule has 2 aromatic carbocycles. The molecule has 3 rings (SSSR count). The van der Waals surface area contributed by atoms with Gasteiger partial charge in [-0.15, -0.1) is 0 Å². The lowest BCUT2D eigenvalue weighted by atomic mass is 9.94. The van der Waals surface area contributed by atoms with Crippen LogP contribution in [0.25, 0.3) is 11.3 Å². The SMILES string of the molecule is CCc1cccc(CC)c1-c1ccc(CN(C)C(CC(C)C)c2ccccc2)c(C)n1. The summed E-state index contributed by atoms with van der Waals surface area (Å²) in [6, 6.07) is 22.5. The third-order valence-electron chi connectivity index (χ3n) is 6.28. The monoisotopic (exact) mass is 414 g/mol. The summed E-state index contributed by atoms with van der Waals surface area (Å²) in [6.07, 6.45) is 3.21. The number of hydrogen-bond acceptors (Lipinski definition) is 2. The van der Waals surface area contributed by atoms with Crippen LogP contribution in [0, 0.1) is 12.8 Å². The second-order valence-electron chi connectivity index (χ2n) is 9.07. The molecule has 0 aliphatic carbocycles. The molecule has 0 saturated heterocycles. The molecule has 2 heteroatoms. The van der Waals surface area contributed by atoms with Gasteiger partial charge < -0.3 is 0 Å². The second kappa shape index (κ2) is 10.7. The molecule has 0 bridgehead atoms. The van der Waals surface area contributed by atoms with E-state index in [9.17, 15) is 0 Å². The van der Waals surface area contributed by atoms with Crippen LogP contribution in [0.4, 0.5) is 0 Å². The lowest BCUT2D eigenvalue weighted by Gasteiger charge is -2.30. The van der Waals surface area contributed by atoms with Crippen LogP contribution in [0.2, 0.25) is 0 Å². The van der Waals surface area contributed by atoms with E-state index in [0.717, 1.165) is 37.2 Å². The lowest BCUT2D eigenvalue weighted by molar-refractivity contribution is 0.206. The van der Waals surface area contributed by atoms with E-state index < -0.39 is 0 Å². The Balaban J connectivity index is 1.88. The minimum absolute atomic E-state index is 0.410. The molecular formula is C29H38N2. The Hall–Kier alpha value is -2.45. The van der Waals surface area contributed by atoms with E-state index in [1.807, 2.05) is 0 Å². The molecule has 164 valence electrons. The van der Waals surface area contributed by atoms with Gasteiger partial charge in [0.15, 0.2) is 0 Å². The highest BCUT2D eigenvalue weighted by molar-refractivity contribution is 5.68. The Kier molecular flexibility index (Phi) is 8.03. The van der Waals surface area contributed by atoms with Crippen molar-refractivity contribution in [1.29, 1.82) is 0 Å². The fraction of sp³-hybridized carbons (Fsp3) is 0.414. The number of nitrogens with zero attached hydrogens (tertiary/aromatic N) is 2. The van der Waals surface area contributed by atoms with Crippen LogP contribution in [-0.4, -0.2) is 16.9 Å². The standard InChI is InChI=1S/C29H38N2/c1-7-23-15-12-16-24(8-2)29(23)27-18-17-26(22(5)30-27)20-31(6)28(19-21(3)4)25-13-10-9-11-14-25/h9-18,21,28H,7-8,19-20H2,1-6H3. The molecule has 0 N–H and O–H groups in total. The van der Waals surface area contributed by atoms with Crippen molar-refractivity contribution in [2.75, 3.05) is 7.05 Å². The van der Waals surface area contributed by atoms with E-state index in [0.29, 0.717) is 12.0 Å². The third-order valence-corrected chi connectivity index (χ3v) is 6.28. The first-order chi connectivity index (χ1) is 14.9. The van der Waals surface area contributed by atoms with Crippen molar-refractivity contribution in [3.8, 4) is 11.3 Å². The molecule has 0 saturated carbocycles. The molecule has 0 spiro atoms. The zero-order valence-corrected chi connectivity index (χ0v) is 20.2. The first-order valence-electron chi connectivity index (χ1n) is 11.8. The number of pyridine rings is 1. The number of hydrogen-bond donors (Lipinski definition) is 0. The molecule has 0 radical (unpaired) electrons. The molecule has 2 nitrogen and oxygen atoms in total. The topological polar surface area (TPSA) is 16.1 Å². The van der Waals surface area contributed by atoms with Gasteiger partial charge in [-0.2, -0.15) is 0 Å². The highest BCUT2D eigenvalue weighted by Crippen LogP contribution is 2.31. The van der Waals surface area contributed by atoms with Crippen molar-refractivity contribution < 1.29 is 0 Å². The zero-order valence-electron chi connectivity index (χ0n) is 20.2. The van der Waals surface area contributed by atoms with E-state index in [-0.39, 0.29) is 0 Å². The highest BCUT2D eigenvalue weighted by atomic mass is 15.1. The first kappa shape index (κ1) is 23.2. The minimum atomic E-state index is 0.410. The summed E-state index contributed by atoms with van der Waals surface area (Å²) in [5.74, 6) is 0.646. The second-order valence-corrected chi connectivity index (χ2v) is 9.07. The van der Waals surface area contributed by atoms with Gasteiger partial charge in [0.05, 0.1) is 5.69 Å². The van der Waals surface area contributed by atoms with E-state index in [1.165, 1.54) is 27.8 Å². The number of aryl methyl sites for hydroxylation is 3. The number of rotatable bonds is 9. The van der Waals surface area contributed by atoms with Crippen LogP contribution in [-0.2, 0) is 19.4 Å². The number of benzene rings is 2. The van der Waals surface area contributed by atoms with Gasteiger partial charge in [0.1, 0.15) is 0 Å². The normalized spacial score (nSPS) is 12.5. The van der Waals surface area contributed by atoms with Gasteiger partial charge in [0.2, 0.25) is 0 Å². The fourth-order valence-electron chi connectivity index (χ4n) is 4.54. The van der Waals surface area contributed by atoms with Gasteiger partial charge in [-0.1, -0.05) is 82.3 Å². The minimum Gasteiger partial charge on any atom is -0.295 e. The zero-order chi connectivity index (χ0) is 22.4. The first-order valence-corrected chi connectivity index (χ1v) is 11.8. The van der Waals surface area contributed by atoms with Crippen molar-refractivity contribution in [3.63, 3.8) is 0 Å². The maximum Gasteiger partial charge on any atom is 0.0710 e. The van der Waals surface area contributed by atoms with Crippen molar-refractivity contribution in [2.24, 2.45) is 5.92 Å². The molecule has 1 heterocycles. The van der Waals surface area contributed by atoms with E-state index in [2.05, 4.69) is 107 Å². The average Bonchev–Trinajstić information content (AvgIpc) is 2.78.